The van der Waals surface area contributed by atoms with Crippen molar-refractivity contribution in [2.45, 2.75) is 33.1 Å². The van der Waals surface area contributed by atoms with Crippen molar-refractivity contribution >= 4 is 45.0 Å². The molecule has 0 saturated heterocycles. The number of anilines is 2. The first-order valence-electron chi connectivity index (χ1n) is 16.1. The number of furan rings is 1. The van der Waals surface area contributed by atoms with Crippen LogP contribution in [-0.2, 0) is 5.41 Å². The second-order valence-corrected chi connectivity index (χ2v) is 12.8. The third kappa shape index (κ3) is 7.21. The van der Waals surface area contributed by atoms with Crippen LogP contribution in [0.4, 0.5) is 11.4 Å². The van der Waals surface area contributed by atoms with E-state index in [2.05, 4.69) is 98.7 Å². The SMILES string of the molecule is Cc1cccc2oc3ccc(Nc4ccccc4C(C)(C)C)cc3c12.N=C(N=C(N)c1ccc(-c2ccccc2)cc1)c1ccccc1. The van der Waals surface area contributed by atoms with Crippen LogP contribution in [0.1, 0.15) is 43.0 Å². The Morgan fingerprint density at radius 3 is 2.02 bits per heavy atom. The van der Waals surface area contributed by atoms with Crippen molar-refractivity contribution in [1.29, 1.82) is 5.41 Å². The first-order chi connectivity index (χ1) is 23.2. The predicted octanol–water partition coefficient (Wildman–Crippen LogP) is 11.0. The molecule has 4 N–H and O–H groups in total. The number of hydrogen-bond acceptors (Lipinski definition) is 3. The molecule has 5 heteroatoms. The fourth-order valence-electron chi connectivity index (χ4n) is 5.79. The first kappa shape index (κ1) is 32.0. The lowest BCUT2D eigenvalue weighted by Gasteiger charge is -2.23. The fraction of sp³-hybridized carbons (Fsp3) is 0.116. The molecule has 0 aliphatic carbocycles. The molecule has 0 spiro atoms. The Morgan fingerprint density at radius 1 is 0.667 bits per heavy atom. The molecular formula is C43H40N4O. The van der Waals surface area contributed by atoms with Crippen LogP contribution in [0.2, 0.25) is 0 Å². The van der Waals surface area contributed by atoms with Gasteiger partial charge in [-0.3, -0.25) is 5.41 Å². The molecule has 0 aliphatic heterocycles. The highest BCUT2D eigenvalue weighted by Gasteiger charge is 2.18. The number of fused-ring (bicyclic) bond motifs is 3. The van der Waals surface area contributed by atoms with Crippen molar-refractivity contribution in [2.24, 2.45) is 10.7 Å². The maximum Gasteiger partial charge on any atom is 0.154 e. The topological polar surface area (TPSA) is 87.4 Å². The summed E-state index contributed by atoms with van der Waals surface area (Å²) in [6.07, 6.45) is 0. The summed E-state index contributed by atoms with van der Waals surface area (Å²) in [5, 5.41) is 14.0. The number of hydrogen-bond donors (Lipinski definition) is 3. The van der Waals surface area contributed by atoms with Gasteiger partial charge in [-0.25, -0.2) is 4.99 Å². The van der Waals surface area contributed by atoms with Gasteiger partial charge in [-0.05, 0) is 64.9 Å². The molecule has 7 rings (SSSR count). The summed E-state index contributed by atoms with van der Waals surface area (Å²) < 4.78 is 5.99. The second-order valence-electron chi connectivity index (χ2n) is 12.8. The Balaban J connectivity index is 0.000000168. The smallest absolute Gasteiger partial charge is 0.154 e. The van der Waals surface area contributed by atoms with Crippen LogP contribution in [0.25, 0.3) is 33.1 Å². The number of rotatable bonds is 5. The van der Waals surface area contributed by atoms with E-state index in [1.807, 2.05) is 84.9 Å². The second kappa shape index (κ2) is 13.8. The van der Waals surface area contributed by atoms with Crippen LogP contribution < -0.4 is 11.1 Å². The number of benzene rings is 6. The lowest BCUT2D eigenvalue weighted by molar-refractivity contribution is 0.592. The molecule has 48 heavy (non-hydrogen) atoms. The molecule has 0 bridgehead atoms. The number of nitrogens with zero attached hydrogens (tertiary/aromatic N) is 1. The van der Waals surface area contributed by atoms with Crippen molar-refractivity contribution in [3.8, 4) is 11.1 Å². The van der Waals surface area contributed by atoms with E-state index in [0.717, 1.165) is 50.2 Å². The zero-order valence-corrected chi connectivity index (χ0v) is 27.8. The Kier molecular flexibility index (Phi) is 9.22. The van der Waals surface area contributed by atoms with Gasteiger partial charge >= 0.3 is 0 Å². The standard InChI is InChI=1S/C23H23NO.C20H17N3/c1-15-8-7-11-21-22(15)17-14-16(12-13-20(17)25-21)24-19-10-6-5-9-18(19)23(2,3)4;21-19(17-9-5-2-6-10-17)23-20(22)18-13-11-16(12-14-18)15-7-3-1-4-8-15/h5-14,24H,1-4H3;1-14H,(H3,21,22,23). The van der Waals surface area contributed by atoms with Gasteiger partial charge in [-0.15, -0.1) is 0 Å². The first-order valence-corrected chi connectivity index (χ1v) is 16.1. The predicted molar refractivity (Wildman–Crippen MR) is 203 cm³/mol. The molecule has 6 aromatic carbocycles. The van der Waals surface area contributed by atoms with Gasteiger partial charge in [0.05, 0.1) is 0 Å². The van der Waals surface area contributed by atoms with E-state index >= 15 is 0 Å². The summed E-state index contributed by atoms with van der Waals surface area (Å²) in [5.41, 5.74) is 16.6. The average molecular weight is 629 g/mol. The van der Waals surface area contributed by atoms with E-state index in [1.165, 1.54) is 16.5 Å². The minimum atomic E-state index is 0.0899. The van der Waals surface area contributed by atoms with Crippen LogP contribution in [-0.4, -0.2) is 11.7 Å². The van der Waals surface area contributed by atoms with Crippen LogP contribution in [0.5, 0.6) is 0 Å². The summed E-state index contributed by atoms with van der Waals surface area (Å²) in [4.78, 5) is 4.20. The summed E-state index contributed by atoms with van der Waals surface area (Å²) >= 11 is 0. The normalized spacial score (nSPS) is 11.6. The molecule has 0 aliphatic rings. The number of aliphatic imine (C=N–C) groups is 1. The van der Waals surface area contributed by atoms with Gasteiger partial charge in [0.15, 0.2) is 5.84 Å². The molecule has 5 nitrogen and oxygen atoms in total. The lowest BCUT2D eigenvalue weighted by Crippen LogP contribution is -2.15. The number of nitrogens with two attached hydrogens (primary N) is 1. The zero-order valence-electron chi connectivity index (χ0n) is 27.8. The van der Waals surface area contributed by atoms with Crippen LogP contribution in [0, 0.1) is 12.3 Å². The van der Waals surface area contributed by atoms with Crippen molar-refractivity contribution in [3.63, 3.8) is 0 Å². The summed E-state index contributed by atoms with van der Waals surface area (Å²) in [7, 11) is 0. The minimum Gasteiger partial charge on any atom is -0.456 e. The third-order valence-corrected chi connectivity index (χ3v) is 8.28. The molecule has 0 fully saturated rings. The Hall–Kier alpha value is -5.94. The Labute approximate surface area is 282 Å². The summed E-state index contributed by atoms with van der Waals surface area (Å²) in [5.74, 6) is 0.508. The average Bonchev–Trinajstić information content (AvgIpc) is 3.48. The van der Waals surface area contributed by atoms with Gasteiger partial charge in [0.1, 0.15) is 17.0 Å². The van der Waals surface area contributed by atoms with Gasteiger partial charge in [-0.2, -0.15) is 0 Å². The van der Waals surface area contributed by atoms with E-state index in [-0.39, 0.29) is 11.3 Å². The molecule has 238 valence electrons. The van der Waals surface area contributed by atoms with Crippen molar-refractivity contribution in [1.82, 2.24) is 0 Å². The van der Waals surface area contributed by atoms with E-state index < -0.39 is 0 Å². The molecule has 1 aromatic heterocycles. The minimum absolute atomic E-state index is 0.0899. The van der Waals surface area contributed by atoms with Gasteiger partial charge in [0, 0.05) is 33.3 Å². The number of amidine groups is 2. The van der Waals surface area contributed by atoms with E-state index in [4.69, 9.17) is 15.6 Å². The highest BCUT2D eigenvalue weighted by atomic mass is 16.3. The Bertz CT molecular complexity index is 2210. The third-order valence-electron chi connectivity index (χ3n) is 8.28. The molecule has 0 saturated carbocycles. The van der Waals surface area contributed by atoms with Crippen molar-refractivity contribution in [3.05, 3.63) is 168 Å². The highest BCUT2D eigenvalue weighted by molar-refractivity contribution is 6.10. The van der Waals surface area contributed by atoms with Crippen LogP contribution in [0.15, 0.2) is 155 Å². The fourth-order valence-corrected chi connectivity index (χ4v) is 5.79. The molecule has 0 atom stereocenters. The number of para-hydroxylation sites is 1. The molecular weight excluding hydrogens is 589 g/mol. The van der Waals surface area contributed by atoms with Crippen molar-refractivity contribution in [2.75, 3.05) is 5.32 Å². The van der Waals surface area contributed by atoms with E-state index in [0.29, 0.717) is 5.84 Å². The molecule has 1 heterocycles. The van der Waals surface area contributed by atoms with E-state index in [1.54, 1.807) is 0 Å². The number of aryl methyl sites for hydroxylation is 1. The molecule has 0 amide bonds. The molecule has 7 aromatic rings. The van der Waals surface area contributed by atoms with Gasteiger partial charge in [0.25, 0.3) is 0 Å². The van der Waals surface area contributed by atoms with E-state index in [9.17, 15) is 0 Å². The summed E-state index contributed by atoms with van der Waals surface area (Å²) in [6, 6.07) is 48.4. The largest absolute Gasteiger partial charge is 0.456 e. The van der Waals surface area contributed by atoms with Crippen molar-refractivity contribution < 1.29 is 4.42 Å². The Morgan fingerprint density at radius 2 is 1.31 bits per heavy atom. The quantitative estimate of drug-likeness (QED) is 0.131. The molecule has 0 unspecified atom stereocenters. The molecule has 0 radical (unpaired) electrons. The maximum absolute atomic E-state index is 8.02. The van der Waals surface area contributed by atoms with Crippen LogP contribution in [0.3, 0.4) is 0 Å². The highest BCUT2D eigenvalue weighted by Crippen LogP contribution is 2.35. The van der Waals surface area contributed by atoms with Gasteiger partial charge in [-0.1, -0.05) is 136 Å². The lowest BCUT2D eigenvalue weighted by atomic mass is 9.86. The van der Waals surface area contributed by atoms with Gasteiger partial charge in [0.2, 0.25) is 0 Å². The van der Waals surface area contributed by atoms with Crippen LogP contribution >= 0.6 is 0 Å². The summed E-state index contributed by atoms with van der Waals surface area (Å²) in [6.45, 7) is 8.85. The van der Waals surface area contributed by atoms with Gasteiger partial charge < -0.3 is 15.5 Å². The number of nitrogens with one attached hydrogen (secondary N) is 2. The monoisotopic (exact) mass is 628 g/mol. The zero-order chi connectivity index (χ0) is 33.7. The maximum atomic E-state index is 8.02.